The molecule has 0 saturated heterocycles. The van der Waals surface area contributed by atoms with Crippen molar-refractivity contribution < 1.29 is 22.3 Å². The average molecular weight is 301 g/mol. The van der Waals surface area contributed by atoms with Crippen LogP contribution in [0.5, 0.6) is 0 Å². The van der Waals surface area contributed by atoms with Crippen molar-refractivity contribution in [3.8, 4) is 0 Å². The second-order valence-electron chi connectivity index (χ2n) is 5.02. The molecule has 0 heterocycles. The third-order valence-corrected chi connectivity index (χ3v) is 4.13. The molecule has 1 aromatic rings. The first-order valence-electron chi connectivity index (χ1n) is 6.29. The van der Waals surface area contributed by atoms with Gasteiger partial charge < -0.3 is 4.74 Å². The predicted octanol–water partition coefficient (Wildman–Crippen LogP) is 1.74. The number of benzene rings is 1. The van der Waals surface area contributed by atoms with Gasteiger partial charge in [-0.1, -0.05) is 12.8 Å². The summed E-state index contributed by atoms with van der Waals surface area (Å²) in [5.74, 6) is -0.988. The van der Waals surface area contributed by atoms with Crippen LogP contribution in [-0.2, 0) is 14.8 Å². The minimum atomic E-state index is -4.22. The summed E-state index contributed by atoms with van der Waals surface area (Å²) in [4.78, 5) is 11.1. The molecule has 0 spiro atoms. The van der Waals surface area contributed by atoms with E-state index in [4.69, 9.17) is 9.88 Å². The molecule has 1 saturated carbocycles. The van der Waals surface area contributed by atoms with Crippen LogP contribution in [-0.4, -0.2) is 21.0 Å². The van der Waals surface area contributed by atoms with Gasteiger partial charge in [-0.15, -0.1) is 0 Å². The Hall–Kier alpha value is -1.47. The van der Waals surface area contributed by atoms with Gasteiger partial charge in [-0.2, -0.15) is 0 Å². The minimum absolute atomic E-state index is 0.0104. The van der Waals surface area contributed by atoms with Crippen LogP contribution in [0.2, 0.25) is 0 Å². The molecular formula is C13H16FNO4S. The molecule has 1 aromatic carbocycles. The fourth-order valence-electron chi connectivity index (χ4n) is 1.87. The lowest BCUT2D eigenvalue weighted by Crippen LogP contribution is -2.17. The Morgan fingerprint density at radius 3 is 2.65 bits per heavy atom. The van der Waals surface area contributed by atoms with Gasteiger partial charge in [0.1, 0.15) is 10.7 Å². The Morgan fingerprint density at radius 2 is 2.10 bits per heavy atom. The van der Waals surface area contributed by atoms with E-state index in [1.807, 2.05) is 0 Å². The molecule has 0 aromatic heterocycles. The van der Waals surface area contributed by atoms with Crippen molar-refractivity contribution in [1.29, 1.82) is 0 Å². The van der Waals surface area contributed by atoms with Gasteiger partial charge in [-0.25, -0.2) is 22.7 Å². The summed E-state index contributed by atoms with van der Waals surface area (Å²) in [5, 5.41) is 4.92. The largest absolute Gasteiger partial charge is 0.462 e. The lowest BCUT2D eigenvalue weighted by Gasteiger charge is -2.08. The van der Waals surface area contributed by atoms with Crippen LogP contribution in [0, 0.1) is 18.7 Å². The molecule has 1 aliphatic carbocycles. The molecular weight excluding hydrogens is 285 g/mol. The maximum Gasteiger partial charge on any atom is 0.338 e. The van der Waals surface area contributed by atoms with E-state index in [2.05, 4.69) is 0 Å². The van der Waals surface area contributed by atoms with E-state index in [1.54, 1.807) is 0 Å². The van der Waals surface area contributed by atoms with E-state index in [0.717, 1.165) is 25.3 Å². The molecule has 2 rings (SSSR count). The van der Waals surface area contributed by atoms with Gasteiger partial charge in [-0.3, -0.25) is 0 Å². The summed E-state index contributed by atoms with van der Waals surface area (Å²) < 4.78 is 41.3. The van der Waals surface area contributed by atoms with E-state index >= 15 is 0 Å². The molecule has 1 fully saturated rings. The maximum atomic E-state index is 13.7. The fraction of sp³-hybridized carbons (Fsp3) is 0.462. The first kappa shape index (κ1) is 14.9. The summed E-state index contributed by atoms with van der Waals surface area (Å²) >= 11 is 0. The molecule has 0 unspecified atom stereocenters. The number of ether oxygens (including phenoxy) is 1. The second kappa shape index (κ2) is 5.49. The van der Waals surface area contributed by atoms with Crippen LogP contribution in [0.4, 0.5) is 4.39 Å². The first-order chi connectivity index (χ1) is 9.29. The zero-order chi connectivity index (χ0) is 14.9. The second-order valence-corrected chi connectivity index (χ2v) is 6.55. The molecule has 7 heteroatoms. The van der Waals surface area contributed by atoms with Crippen LogP contribution < -0.4 is 5.14 Å². The number of carbonyl (C=O) groups excluding carboxylic acids is 1. The minimum Gasteiger partial charge on any atom is -0.462 e. The smallest absolute Gasteiger partial charge is 0.338 e. The number of nitrogens with two attached hydrogens (primary N) is 1. The Morgan fingerprint density at radius 1 is 1.45 bits per heavy atom. The monoisotopic (exact) mass is 301 g/mol. The summed E-state index contributed by atoms with van der Waals surface area (Å²) in [7, 11) is -4.22. The van der Waals surface area contributed by atoms with Gasteiger partial charge >= 0.3 is 5.97 Å². The SMILES string of the molecule is Cc1cc(C(=O)OCCC2CC2)cc(S(N)(=O)=O)c1F. The van der Waals surface area contributed by atoms with Crippen LogP contribution >= 0.6 is 0 Å². The number of hydrogen-bond donors (Lipinski definition) is 1. The predicted molar refractivity (Wildman–Crippen MR) is 70.1 cm³/mol. The van der Waals surface area contributed by atoms with Crippen molar-refractivity contribution in [2.24, 2.45) is 11.1 Å². The van der Waals surface area contributed by atoms with E-state index in [0.29, 0.717) is 5.92 Å². The van der Waals surface area contributed by atoms with Crippen molar-refractivity contribution in [3.05, 3.63) is 29.1 Å². The van der Waals surface area contributed by atoms with E-state index in [1.165, 1.54) is 13.0 Å². The Kier molecular flexibility index (Phi) is 4.10. The van der Waals surface area contributed by atoms with E-state index in [-0.39, 0.29) is 17.7 Å². The number of aryl methyl sites for hydroxylation is 1. The number of sulfonamides is 1. The van der Waals surface area contributed by atoms with E-state index < -0.39 is 26.7 Å². The van der Waals surface area contributed by atoms with Crippen molar-refractivity contribution in [1.82, 2.24) is 0 Å². The maximum absolute atomic E-state index is 13.7. The quantitative estimate of drug-likeness (QED) is 0.839. The van der Waals surface area contributed by atoms with Crippen molar-refractivity contribution in [2.75, 3.05) is 6.61 Å². The standard InChI is InChI=1S/C13H16FNO4S/c1-8-6-10(7-11(12(8)14)20(15,17)18)13(16)19-5-4-9-2-3-9/h6-7,9H,2-5H2,1H3,(H2,15,17,18). The number of esters is 1. The lowest BCUT2D eigenvalue weighted by molar-refractivity contribution is 0.0494. The first-order valence-corrected chi connectivity index (χ1v) is 7.83. The highest BCUT2D eigenvalue weighted by Gasteiger charge is 2.23. The van der Waals surface area contributed by atoms with Crippen molar-refractivity contribution in [2.45, 2.75) is 31.1 Å². The molecule has 20 heavy (non-hydrogen) atoms. The molecule has 0 amide bonds. The molecule has 0 aliphatic heterocycles. The Bertz CT molecular complexity index is 638. The highest BCUT2D eigenvalue weighted by Crippen LogP contribution is 2.32. The molecule has 5 nitrogen and oxygen atoms in total. The number of hydrogen-bond acceptors (Lipinski definition) is 4. The van der Waals surface area contributed by atoms with Crippen molar-refractivity contribution in [3.63, 3.8) is 0 Å². The zero-order valence-corrected chi connectivity index (χ0v) is 11.9. The summed E-state index contributed by atoms with van der Waals surface area (Å²) in [5.41, 5.74) is 0.0226. The van der Waals surface area contributed by atoms with Crippen LogP contribution in [0.15, 0.2) is 17.0 Å². The number of halogens is 1. The van der Waals surface area contributed by atoms with Gasteiger partial charge in [0, 0.05) is 0 Å². The normalized spacial score (nSPS) is 15.2. The van der Waals surface area contributed by atoms with Gasteiger partial charge in [0.25, 0.3) is 0 Å². The Labute approximate surface area is 117 Å². The lowest BCUT2D eigenvalue weighted by atomic mass is 10.1. The van der Waals surface area contributed by atoms with Crippen LogP contribution in [0.1, 0.15) is 35.2 Å². The third-order valence-electron chi connectivity index (χ3n) is 3.22. The molecule has 0 radical (unpaired) electrons. The van der Waals surface area contributed by atoms with Gasteiger partial charge in [0.05, 0.1) is 12.2 Å². The third kappa shape index (κ3) is 3.55. The number of primary sulfonamides is 1. The fourth-order valence-corrected chi connectivity index (χ4v) is 2.57. The van der Waals surface area contributed by atoms with E-state index in [9.17, 15) is 17.6 Å². The van der Waals surface area contributed by atoms with Crippen LogP contribution in [0.25, 0.3) is 0 Å². The summed E-state index contributed by atoms with van der Waals surface area (Å²) in [6.07, 6.45) is 3.11. The zero-order valence-electron chi connectivity index (χ0n) is 11.1. The number of rotatable bonds is 5. The van der Waals surface area contributed by atoms with Gasteiger partial charge in [-0.05, 0) is 37.0 Å². The van der Waals surface area contributed by atoms with Crippen LogP contribution in [0.3, 0.4) is 0 Å². The molecule has 1 aliphatic rings. The topological polar surface area (TPSA) is 86.5 Å². The molecule has 0 atom stereocenters. The Balaban J connectivity index is 2.18. The molecule has 2 N–H and O–H groups in total. The highest BCUT2D eigenvalue weighted by molar-refractivity contribution is 7.89. The van der Waals surface area contributed by atoms with Crippen molar-refractivity contribution >= 4 is 16.0 Å². The number of carbonyl (C=O) groups is 1. The molecule has 110 valence electrons. The summed E-state index contributed by atoms with van der Waals surface area (Å²) in [6, 6.07) is 2.17. The average Bonchev–Trinajstić information content (AvgIpc) is 3.14. The van der Waals surface area contributed by atoms with Gasteiger partial charge in [0.15, 0.2) is 0 Å². The molecule has 0 bridgehead atoms. The van der Waals surface area contributed by atoms with Gasteiger partial charge in [0.2, 0.25) is 10.0 Å². The summed E-state index contributed by atoms with van der Waals surface area (Å²) in [6.45, 7) is 1.65. The highest BCUT2D eigenvalue weighted by atomic mass is 32.2.